The van der Waals surface area contributed by atoms with Gasteiger partial charge in [-0.2, -0.15) is 0 Å². The summed E-state index contributed by atoms with van der Waals surface area (Å²) in [6.45, 7) is -0.322. The van der Waals surface area contributed by atoms with E-state index in [2.05, 4.69) is 15.9 Å². The third kappa shape index (κ3) is 3.41. The van der Waals surface area contributed by atoms with Gasteiger partial charge < -0.3 is 9.47 Å². The van der Waals surface area contributed by atoms with Crippen molar-refractivity contribution < 1.29 is 23.9 Å². The zero-order valence-electron chi connectivity index (χ0n) is 13.3. The monoisotopic (exact) mass is 403 g/mol. The number of carbonyl (C=O) groups excluding carboxylic acids is 3. The van der Waals surface area contributed by atoms with Crippen LogP contribution in [0.2, 0.25) is 0 Å². The van der Waals surface area contributed by atoms with Crippen molar-refractivity contribution in [2.75, 3.05) is 18.6 Å². The van der Waals surface area contributed by atoms with Gasteiger partial charge in [0.15, 0.2) is 0 Å². The van der Waals surface area contributed by atoms with Crippen molar-refractivity contribution in [2.24, 2.45) is 0 Å². The molecule has 128 valence electrons. The molecule has 0 saturated carbocycles. The maximum atomic E-state index is 12.1. The first kappa shape index (κ1) is 17.2. The standard InChI is InChI=1S/C18H14BrNO5/c1-24-15-7-6-12(19)8-11(15)10-25-16(21)9-20-14-5-3-2-4-13(14)17(22)18(20)23/h2-8H,9-10H2,1H3. The van der Waals surface area contributed by atoms with Gasteiger partial charge in [-0.25, -0.2) is 0 Å². The van der Waals surface area contributed by atoms with Crippen LogP contribution >= 0.6 is 15.9 Å². The number of halogens is 1. The number of Topliss-reactive ketones (excluding diaryl/α,β-unsaturated/α-hetero) is 1. The normalized spacial score (nSPS) is 13.0. The second kappa shape index (κ2) is 7.06. The SMILES string of the molecule is COc1ccc(Br)cc1COC(=O)CN1C(=O)C(=O)c2ccccc21. The molecule has 0 atom stereocenters. The number of methoxy groups -OCH3 is 1. The first-order valence-electron chi connectivity index (χ1n) is 7.44. The third-order valence-electron chi connectivity index (χ3n) is 3.80. The summed E-state index contributed by atoms with van der Waals surface area (Å²) in [5.41, 5.74) is 1.41. The average molecular weight is 404 g/mol. The number of amides is 1. The summed E-state index contributed by atoms with van der Waals surface area (Å²) in [6, 6.07) is 11.9. The lowest BCUT2D eigenvalue weighted by Gasteiger charge is -2.16. The number of benzene rings is 2. The molecule has 6 nitrogen and oxygen atoms in total. The minimum absolute atomic E-state index is 0.000922. The number of ketones is 1. The van der Waals surface area contributed by atoms with Gasteiger partial charge >= 0.3 is 5.97 Å². The van der Waals surface area contributed by atoms with E-state index in [9.17, 15) is 14.4 Å². The number of hydrogen-bond donors (Lipinski definition) is 0. The van der Waals surface area contributed by atoms with Crippen molar-refractivity contribution in [3.05, 3.63) is 58.1 Å². The first-order chi connectivity index (χ1) is 12.0. The highest BCUT2D eigenvalue weighted by Crippen LogP contribution is 2.28. The van der Waals surface area contributed by atoms with Crippen LogP contribution in [0.15, 0.2) is 46.9 Å². The van der Waals surface area contributed by atoms with E-state index in [4.69, 9.17) is 9.47 Å². The number of anilines is 1. The Hall–Kier alpha value is -2.67. The van der Waals surface area contributed by atoms with E-state index in [1.165, 1.54) is 7.11 Å². The number of nitrogens with zero attached hydrogens (tertiary/aromatic N) is 1. The Kier molecular flexibility index (Phi) is 4.85. The second-order valence-corrected chi connectivity index (χ2v) is 6.27. The lowest BCUT2D eigenvalue weighted by atomic mass is 10.1. The molecule has 1 aliphatic rings. The van der Waals surface area contributed by atoms with Crippen molar-refractivity contribution in [3.63, 3.8) is 0 Å². The zero-order chi connectivity index (χ0) is 18.0. The van der Waals surface area contributed by atoms with Crippen LogP contribution in [0.25, 0.3) is 0 Å². The third-order valence-corrected chi connectivity index (χ3v) is 4.29. The lowest BCUT2D eigenvalue weighted by Crippen LogP contribution is -2.35. The minimum atomic E-state index is -0.724. The van der Waals surface area contributed by atoms with Crippen molar-refractivity contribution in [3.8, 4) is 5.75 Å². The van der Waals surface area contributed by atoms with E-state index >= 15 is 0 Å². The lowest BCUT2D eigenvalue weighted by molar-refractivity contribution is -0.143. The summed E-state index contributed by atoms with van der Waals surface area (Å²) < 4.78 is 11.3. The summed E-state index contributed by atoms with van der Waals surface area (Å²) in [5, 5.41) is 0. The van der Waals surface area contributed by atoms with Crippen LogP contribution in [0.5, 0.6) is 5.75 Å². The van der Waals surface area contributed by atoms with Crippen LogP contribution in [0.3, 0.4) is 0 Å². The molecular weight excluding hydrogens is 390 g/mol. The number of para-hydroxylation sites is 1. The summed E-state index contributed by atoms with van der Waals surface area (Å²) in [6.07, 6.45) is 0. The van der Waals surface area contributed by atoms with Crippen LogP contribution in [-0.2, 0) is 20.9 Å². The number of fused-ring (bicyclic) bond motifs is 1. The number of carbonyl (C=O) groups is 3. The van der Waals surface area contributed by atoms with Gasteiger partial charge in [-0.05, 0) is 30.3 Å². The Labute approximate surface area is 152 Å². The second-order valence-electron chi connectivity index (χ2n) is 5.35. The summed E-state index contributed by atoms with van der Waals surface area (Å²) >= 11 is 3.35. The summed E-state index contributed by atoms with van der Waals surface area (Å²) in [4.78, 5) is 37.3. The van der Waals surface area contributed by atoms with Crippen LogP contribution in [0.4, 0.5) is 5.69 Å². The van der Waals surface area contributed by atoms with E-state index in [1.54, 1.807) is 36.4 Å². The van der Waals surface area contributed by atoms with Gasteiger partial charge in [0.05, 0.1) is 18.4 Å². The molecule has 2 aromatic carbocycles. The maximum absolute atomic E-state index is 12.1. The molecule has 0 fully saturated rings. The van der Waals surface area contributed by atoms with E-state index in [-0.39, 0.29) is 13.2 Å². The van der Waals surface area contributed by atoms with Gasteiger partial charge in [0.25, 0.3) is 11.7 Å². The highest BCUT2D eigenvalue weighted by molar-refractivity contribution is 9.10. The quantitative estimate of drug-likeness (QED) is 0.566. The van der Waals surface area contributed by atoms with E-state index in [0.717, 1.165) is 9.37 Å². The molecule has 0 spiro atoms. The Balaban J connectivity index is 1.69. The van der Waals surface area contributed by atoms with Gasteiger partial charge in [0, 0.05) is 10.0 Å². The molecule has 0 saturated heterocycles. The molecule has 1 heterocycles. The van der Waals surface area contributed by atoms with Crippen molar-refractivity contribution in [1.29, 1.82) is 0 Å². The van der Waals surface area contributed by atoms with Crippen molar-refractivity contribution in [1.82, 2.24) is 0 Å². The molecule has 0 N–H and O–H groups in total. The van der Waals surface area contributed by atoms with Crippen LogP contribution in [-0.4, -0.2) is 31.3 Å². The zero-order valence-corrected chi connectivity index (χ0v) is 14.9. The Morgan fingerprint density at radius 1 is 1.16 bits per heavy atom. The number of hydrogen-bond acceptors (Lipinski definition) is 5. The van der Waals surface area contributed by atoms with E-state index in [1.807, 2.05) is 6.07 Å². The minimum Gasteiger partial charge on any atom is -0.496 e. The molecule has 0 unspecified atom stereocenters. The maximum Gasteiger partial charge on any atom is 0.326 e. The van der Waals surface area contributed by atoms with Gasteiger partial charge in [0.2, 0.25) is 0 Å². The predicted octanol–water partition coefficient (Wildman–Crippen LogP) is 2.73. The molecular formula is C18H14BrNO5. The molecule has 0 radical (unpaired) electrons. The van der Waals surface area contributed by atoms with Gasteiger partial charge in [-0.3, -0.25) is 19.3 Å². The van der Waals surface area contributed by atoms with Crippen molar-refractivity contribution >= 4 is 39.3 Å². The van der Waals surface area contributed by atoms with Gasteiger partial charge in [-0.15, -0.1) is 0 Å². The fourth-order valence-corrected chi connectivity index (χ4v) is 3.01. The number of ether oxygens (including phenoxy) is 2. The molecule has 25 heavy (non-hydrogen) atoms. The highest BCUT2D eigenvalue weighted by atomic mass is 79.9. The number of rotatable bonds is 5. The van der Waals surface area contributed by atoms with Gasteiger partial charge in [-0.1, -0.05) is 28.1 Å². The van der Waals surface area contributed by atoms with Gasteiger partial charge in [0.1, 0.15) is 18.9 Å². The molecule has 0 aliphatic carbocycles. The number of esters is 1. The highest BCUT2D eigenvalue weighted by Gasteiger charge is 2.36. The molecule has 1 amide bonds. The van der Waals surface area contributed by atoms with Crippen LogP contribution in [0, 0.1) is 0 Å². The molecule has 0 aromatic heterocycles. The molecule has 0 bridgehead atoms. The fraction of sp³-hybridized carbons (Fsp3) is 0.167. The average Bonchev–Trinajstić information content (AvgIpc) is 2.85. The van der Waals surface area contributed by atoms with E-state index < -0.39 is 17.7 Å². The Morgan fingerprint density at radius 2 is 1.92 bits per heavy atom. The Bertz CT molecular complexity index is 864. The summed E-state index contributed by atoms with van der Waals surface area (Å²) in [5.74, 6) is -1.36. The van der Waals surface area contributed by atoms with Crippen molar-refractivity contribution in [2.45, 2.75) is 6.61 Å². The van der Waals surface area contributed by atoms with Crippen LogP contribution in [0.1, 0.15) is 15.9 Å². The predicted molar refractivity (Wildman–Crippen MR) is 93.6 cm³/mol. The van der Waals surface area contributed by atoms with Crippen LogP contribution < -0.4 is 9.64 Å². The topological polar surface area (TPSA) is 72.9 Å². The molecule has 7 heteroatoms. The summed E-state index contributed by atoms with van der Waals surface area (Å²) in [7, 11) is 1.53. The molecule has 3 rings (SSSR count). The molecule has 1 aliphatic heterocycles. The van der Waals surface area contributed by atoms with E-state index in [0.29, 0.717) is 22.6 Å². The first-order valence-corrected chi connectivity index (χ1v) is 8.24. The smallest absolute Gasteiger partial charge is 0.326 e. The largest absolute Gasteiger partial charge is 0.496 e. The fourth-order valence-electron chi connectivity index (χ4n) is 2.60. The Morgan fingerprint density at radius 3 is 2.68 bits per heavy atom. The molecule has 2 aromatic rings.